The van der Waals surface area contributed by atoms with Gasteiger partial charge in [-0.1, -0.05) is 59.5 Å². The van der Waals surface area contributed by atoms with Gasteiger partial charge in [0.25, 0.3) is 0 Å². The minimum Gasteiger partial charge on any atom is -0.349 e. The number of rotatable bonds is 6. The number of hydrogen-bond acceptors (Lipinski definition) is 6. The van der Waals surface area contributed by atoms with Crippen LogP contribution in [0.1, 0.15) is 29.2 Å². The zero-order valence-electron chi connectivity index (χ0n) is 16.4. The van der Waals surface area contributed by atoms with Crippen LogP contribution in [0.5, 0.6) is 0 Å². The highest BCUT2D eigenvalue weighted by Gasteiger charge is 2.17. The van der Waals surface area contributed by atoms with Crippen LogP contribution in [0, 0.1) is 13.8 Å². The summed E-state index contributed by atoms with van der Waals surface area (Å²) in [5.41, 5.74) is 3.05. The van der Waals surface area contributed by atoms with Gasteiger partial charge < -0.3 is 5.32 Å². The molecule has 2 aromatic heterocycles. The highest BCUT2D eigenvalue weighted by molar-refractivity contribution is 8.01. The number of nitrogens with zero attached hydrogens (tertiary/aromatic N) is 4. The molecule has 0 bridgehead atoms. The first-order valence-corrected chi connectivity index (χ1v) is 11.1. The molecule has 1 atom stereocenters. The molecule has 4 rings (SSSR count). The van der Waals surface area contributed by atoms with Crippen LogP contribution < -0.4 is 5.32 Å². The van der Waals surface area contributed by atoms with E-state index in [4.69, 9.17) is 0 Å². The number of nitrogens with one attached hydrogen (secondary N) is 1. The maximum Gasteiger partial charge on any atom is 0.230 e. The summed E-state index contributed by atoms with van der Waals surface area (Å²) in [6, 6.07) is 14.3. The van der Waals surface area contributed by atoms with E-state index in [9.17, 15) is 4.79 Å². The maximum absolute atomic E-state index is 12.4. The Balaban J connectivity index is 1.49. The van der Waals surface area contributed by atoms with Crippen molar-refractivity contribution in [2.24, 2.45) is 0 Å². The van der Waals surface area contributed by atoms with E-state index in [1.54, 1.807) is 0 Å². The van der Waals surface area contributed by atoms with Crippen molar-refractivity contribution in [1.29, 1.82) is 0 Å². The molecule has 0 spiro atoms. The molecule has 0 aliphatic heterocycles. The van der Waals surface area contributed by atoms with E-state index in [2.05, 4.69) is 44.9 Å². The summed E-state index contributed by atoms with van der Waals surface area (Å²) in [6.07, 6.45) is 1.84. The minimum absolute atomic E-state index is 0.0346. The molecule has 1 amide bonds. The van der Waals surface area contributed by atoms with Crippen molar-refractivity contribution in [1.82, 2.24) is 25.3 Å². The average Bonchev–Trinajstić information content (AvgIpc) is 3.31. The maximum atomic E-state index is 12.4. The monoisotopic (exact) mass is 423 g/mol. The van der Waals surface area contributed by atoms with Gasteiger partial charge in [-0.05, 0) is 32.2 Å². The van der Waals surface area contributed by atoms with Crippen LogP contribution in [0.15, 0.2) is 53.0 Å². The van der Waals surface area contributed by atoms with Gasteiger partial charge in [-0.25, -0.2) is 4.68 Å². The molecular weight excluding hydrogens is 402 g/mol. The van der Waals surface area contributed by atoms with Crippen molar-refractivity contribution in [2.45, 2.75) is 31.2 Å². The van der Waals surface area contributed by atoms with Gasteiger partial charge in [0.2, 0.25) is 5.91 Å². The Hall–Kier alpha value is -2.71. The van der Waals surface area contributed by atoms with Gasteiger partial charge >= 0.3 is 0 Å². The number of benzene rings is 2. The van der Waals surface area contributed by atoms with Gasteiger partial charge in [-0.2, -0.15) is 5.10 Å². The van der Waals surface area contributed by atoms with Gasteiger partial charge in [0.05, 0.1) is 23.7 Å². The molecule has 2 aromatic carbocycles. The number of aromatic nitrogens is 4. The number of amides is 1. The fraction of sp³-hybridized carbons (Fsp3) is 0.238. The number of carbonyl (C=O) groups excluding carboxylic acids is 1. The van der Waals surface area contributed by atoms with Gasteiger partial charge in [0, 0.05) is 16.6 Å². The van der Waals surface area contributed by atoms with Crippen LogP contribution in [0.3, 0.4) is 0 Å². The lowest BCUT2D eigenvalue weighted by atomic mass is 10.1. The Morgan fingerprint density at radius 3 is 2.76 bits per heavy atom. The topological polar surface area (TPSA) is 72.7 Å². The molecule has 8 heteroatoms. The first kappa shape index (κ1) is 19.6. The Kier molecular flexibility index (Phi) is 5.64. The van der Waals surface area contributed by atoms with E-state index in [0.717, 1.165) is 31.7 Å². The Morgan fingerprint density at radius 2 is 1.97 bits per heavy atom. The predicted octanol–water partition coefficient (Wildman–Crippen LogP) is 4.46. The predicted molar refractivity (Wildman–Crippen MR) is 118 cm³/mol. The lowest BCUT2D eigenvalue weighted by molar-refractivity contribution is -0.119. The van der Waals surface area contributed by atoms with E-state index in [-0.39, 0.29) is 11.9 Å². The normalized spacial score (nSPS) is 12.2. The fourth-order valence-electron chi connectivity index (χ4n) is 3.31. The quantitative estimate of drug-likeness (QED) is 0.464. The van der Waals surface area contributed by atoms with Crippen molar-refractivity contribution >= 4 is 39.8 Å². The molecule has 0 fully saturated rings. The third-order valence-electron chi connectivity index (χ3n) is 4.72. The smallest absolute Gasteiger partial charge is 0.230 e. The van der Waals surface area contributed by atoms with Crippen LogP contribution in [0.2, 0.25) is 0 Å². The highest BCUT2D eigenvalue weighted by Crippen LogP contribution is 2.26. The van der Waals surface area contributed by atoms with Crippen molar-refractivity contribution in [2.75, 3.05) is 5.75 Å². The zero-order valence-corrected chi connectivity index (χ0v) is 18.0. The largest absolute Gasteiger partial charge is 0.349 e. The molecule has 29 heavy (non-hydrogen) atoms. The Morgan fingerprint density at radius 1 is 1.17 bits per heavy atom. The molecule has 0 saturated carbocycles. The molecule has 1 N–H and O–H groups in total. The van der Waals surface area contributed by atoms with Gasteiger partial charge in [0.15, 0.2) is 4.34 Å². The summed E-state index contributed by atoms with van der Waals surface area (Å²) < 4.78 is 2.75. The third kappa shape index (κ3) is 4.18. The summed E-state index contributed by atoms with van der Waals surface area (Å²) in [5, 5.41) is 18.9. The molecule has 2 heterocycles. The van der Waals surface area contributed by atoms with Crippen molar-refractivity contribution in [3.05, 3.63) is 64.9 Å². The standard InChI is InChI=1S/C21H21N5OS2/c1-13(23-20(27)12-28-21-25-24-15(3)29-21)18-11-22-26(14(18)2)19-10-6-8-16-7-4-5-9-17(16)19/h4-11,13H,12H2,1-3H3,(H,23,27)/t13-/m0/s1. The number of hydrogen-bond donors (Lipinski definition) is 1. The lowest BCUT2D eigenvalue weighted by Crippen LogP contribution is -2.28. The molecule has 0 aliphatic carbocycles. The molecule has 0 unspecified atom stereocenters. The van der Waals surface area contributed by atoms with E-state index in [1.165, 1.54) is 28.5 Å². The van der Waals surface area contributed by atoms with Crippen molar-refractivity contribution in [3.63, 3.8) is 0 Å². The number of carbonyl (C=O) groups is 1. The van der Waals surface area contributed by atoms with Crippen molar-refractivity contribution < 1.29 is 4.79 Å². The number of aryl methyl sites for hydroxylation is 1. The molecule has 0 radical (unpaired) electrons. The summed E-state index contributed by atoms with van der Waals surface area (Å²) >= 11 is 2.90. The van der Waals surface area contributed by atoms with E-state index in [1.807, 2.05) is 49.8 Å². The SMILES string of the molecule is Cc1nnc(SCC(=O)N[C@@H](C)c2cnn(-c3cccc4ccccc34)c2C)s1. The first-order valence-electron chi connectivity index (χ1n) is 9.28. The second kappa shape index (κ2) is 8.34. The molecule has 6 nitrogen and oxygen atoms in total. The molecule has 0 saturated heterocycles. The second-order valence-corrected chi connectivity index (χ2v) is 9.16. The number of thioether (sulfide) groups is 1. The average molecular weight is 424 g/mol. The fourth-order valence-corrected chi connectivity index (χ4v) is 4.93. The highest BCUT2D eigenvalue weighted by atomic mass is 32.2. The summed E-state index contributed by atoms with van der Waals surface area (Å²) in [5.74, 6) is 0.280. The van der Waals surface area contributed by atoms with Crippen LogP contribution in [-0.4, -0.2) is 31.6 Å². The third-order valence-corrected chi connectivity index (χ3v) is 6.69. The summed E-state index contributed by atoms with van der Waals surface area (Å²) in [4.78, 5) is 12.4. The molecule has 4 aromatic rings. The van der Waals surface area contributed by atoms with E-state index < -0.39 is 0 Å². The van der Waals surface area contributed by atoms with Gasteiger partial charge in [-0.3, -0.25) is 4.79 Å². The first-order chi connectivity index (χ1) is 14.0. The van der Waals surface area contributed by atoms with Crippen LogP contribution in [-0.2, 0) is 4.79 Å². The summed E-state index contributed by atoms with van der Waals surface area (Å²) in [6.45, 7) is 5.92. The molecule has 0 aliphatic rings. The molecule has 148 valence electrons. The Bertz CT molecular complexity index is 1160. The van der Waals surface area contributed by atoms with E-state index >= 15 is 0 Å². The van der Waals surface area contributed by atoms with Crippen molar-refractivity contribution in [3.8, 4) is 5.69 Å². The molecular formula is C21H21N5OS2. The van der Waals surface area contributed by atoms with Crippen LogP contribution in [0.25, 0.3) is 16.5 Å². The zero-order chi connectivity index (χ0) is 20.4. The minimum atomic E-state index is -0.136. The van der Waals surface area contributed by atoms with Crippen LogP contribution in [0.4, 0.5) is 0 Å². The summed E-state index contributed by atoms with van der Waals surface area (Å²) in [7, 11) is 0. The van der Waals surface area contributed by atoms with E-state index in [0.29, 0.717) is 5.75 Å². The lowest BCUT2D eigenvalue weighted by Gasteiger charge is -2.14. The second-order valence-electron chi connectivity index (χ2n) is 6.76. The Labute approximate surface area is 177 Å². The van der Waals surface area contributed by atoms with Crippen LogP contribution >= 0.6 is 23.1 Å². The number of fused-ring (bicyclic) bond motifs is 1. The van der Waals surface area contributed by atoms with Gasteiger partial charge in [0.1, 0.15) is 5.01 Å². The van der Waals surface area contributed by atoms with Gasteiger partial charge in [-0.15, -0.1) is 10.2 Å².